The molecule has 1 rings (SSSR count). The van der Waals surface area contributed by atoms with Gasteiger partial charge in [0.2, 0.25) is 0 Å². The molecule has 1 amide bonds. The lowest BCUT2D eigenvalue weighted by Crippen LogP contribution is -2.33. The lowest BCUT2D eigenvalue weighted by atomic mass is 10.2. The van der Waals surface area contributed by atoms with Gasteiger partial charge in [-0.2, -0.15) is 0 Å². The Bertz CT molecular complexity index is 396. The monoisotopic (exact) mass is 265 g/mol. The number of pyridine rings is 1. The van der Waals surface area contributed by atoms with Crippen LogP contribution in [0.3, 0.4) is 0 Å². The summed E-state index contributed by atoms with van der Waals surface area (Å²) < 4.78 is 0. The van der Waals surface area contributed by atoms with E-state index in [1.807, 2.05) is 6.92 Å². The normalized spacial score (nSPS) is 10.3. The van der Waals surface area contributed by atoms with Crippen molar-refractivity contribution in [2.45, 2.75) is 26.7 Å². The van der Waals surface area contributed by atoms with Crippen molar-refractivity contribution in [3.63, 3.8) is 0 Å². The summed E-state index contributed by atoms with van der Waals surface area (Å²) in [6.45, 7) is 6.08. The van der Waals surface area contributed by atoms with Gasteiger partial charge in [0.15, 0.2) is 0 Å². The summed E-state index contributed by atoms with van der Waals surface area (Å²) in [5, 5.41) is 12.0. The molecule has 0 radical (unpaired) electrons. The number of rotatable bonds is 8. The molecule has 0 aromatic carbocycles. The minimum Gasteiger partial charge on any atom is -0.396 e. The van der Waals surface area contributed by atoms with Crippen LogP contribution in [-0.2, 0) is 0 Å². The molecular weight excluding hydrogens is 242 g/mol. The van der Waals surface area contributed by atoms with Crippen LogP contribution in [0.4, 0.5) is 5.82 Å². The van der Waals surface area contributed by atoms with Gasteiger partial charge in [-0.3, -0.25) is 4.79 Å². The Morgan fingerprint density at radius 1 is 1.47 bits per heavy atom. The number of aromatic nitrogens is 1. The Hall–Kier alpha value is -1.62. The van der Waals surface area contributed by atoms with Gasteiger partial charge in [0.1, 0.15) is 5.82 Å². The van der Waals surface area contributed by atoms with Crippen molar-refractivity contribution in [3.8, 4) is 0 Å². The summed E-state index contributed by atoms with van der Waals surface area (Å²) >= 11 is 0. The van der Waals surface area contributed by atoms with E-state index in [-0.39, 0.29) is 12.5 Å². The van der Waals surface area contributed by atoms with Gasteiger partial charge in [0.25, 0.3) is 5.91 Å². The number of hydrogen-bond acceptors (Lipinski definition) is 4. The molecule has 0 aliphatic carbocycles. The molecule has 0 saturated heterocycles. The van der Waals surface area contributed by atoms with Gasteiger partial charge in [0, 0.05) is 32.4 Å². The average molecular weight is 265 g/mol. The molecule has 5 heteroatoms. The van der Waals surface area contributed by atoms with Gasteiger partial charge in [-0.15, -0.1) is 0 Å². The fourth-order valence-corrected chi connectivity index (χ4v) is 1.80. The fourth-order valence-electron chi connectivity index (χ4n) is 1.80. The molecule has 106 valence electrons. The SMILES string of the molecule is CCCNc1ncccc1C(=O)N(CC)CCCO. The molecule has 19 heavy (non-hydrogen) atoms. The number of anilines is 1. The molecule has 0 unspecified atom stereocenters. The Balaban J connectivity index is 2.84. The molecule has 0 bridgehead atoms. The third kappa shape index (κ3) is 4.52. The molecule has 0 aliphatic heterocycles. The molecule has 5 nitrogen and oxygen atoms in total. The van der Waals surface area contributed by atoms with Crippen molar-refractivity contribution < 1.29 is 9.90 Å². The predicted octanol–water partition coefficient (Wildman–Crippen LogP) is 1.75. The van der Waals surface area contributed by atoms with Crippen LogP contribution in [0.15, 0.2) is 18.3 Å². The lowest BCUT2D eigenvalue weighted by molar-refractivity contribution is 0.0755. The van der Waals surface area contributed by atoms with Crippen molar-refractivity contribution in [1.29, 1.82) is 0 Å². The van der Waals surface area contributed by atoms with Crippen LogP contribution < -0.4 is 5.32 Å². The highest BCUT2D eigenvalue weighted by atomic mass is 16.3. The number of nitrogens with one attached hydrogen (secondary N) is 1. The third-order valence-corrected chi connectivity index (χ3v) is 2.84. The summed E-state index contributed by atoms with van der Waals surface area (Å²) in [5.41, 5.74) is 0.593. The van der Waals surface area contributed by atoms with E-state index in [1.165, 1.54) is 0 Å². The van der Waals surface area contributed by atoms with Crippen LogP contribution in [0.2, 0.25) is 0 Å². The van der Waals surface area contributed by atoms with Crippen molar-refractivity contribution in [1.82, 2.24) is 9.88 Å². The molecule has 2 N–H and O–H groups in total. The molecular formula is C14H23N3O2. The second kappa shape index (κ2) is 8.48. The van der Waals surface area contributed by atoms with Crippen LogP contribution in [0.5, 0.6) is 0 Å². The van der Waals surface area contributed by atoms with E-state index in [9.17, 15) is 4.79 Å². The number of carbonyl (C=O) groups is 1. The maximum atomic E-state index is 12.4. The number of hydrogen-bond donors (Lipinski definition) is 2. The van der Waals surface area contributed by atoms with Crippen molar-refractivity contribution in [2.24, 2.45) is 0 Å². The van der Waals surface area contributed by atoms with E-state index in [0.717, 1.165) is 13.0 Å². The van der Waals surface area contributed by atoms with Crippen LogP contribution in [0.25, 0.3) is 0 Å². The maximum Gasteiger partial charge on any atom is 0.257 e. The summed E-state index contributed by atoms with van der Waals surface area (Å²) in [7, 11) is 0. The molecule has 1 aromatic rings. The summed E-state index contributed by atoms with van der Waals surface area (Å²) in [5.74, 6) is 0.597. The number of nitrogens with zero attached hydrogens (tertiary/aromatic N) is 2. The quantitative estimate of drug-likeness (QED) is 0.751. The van der Waals surface area contributed by atoms with Gasteiger partial charge >= 0.3 is 0 Å². The summed E-state index contributed by atoms with van der Waals surface area (Å²) in [6.07, 6.45) is 3.25. The van der Waals surface area contributed by atoms with E-state index in [1.54, 1.807) is 23.2 Å². The first-order valence-corrected chi connectivity index (χ1v) is 6.83. The molecule has 1 aromatic heterocycles. The van der Waals surface area contributed by atoms with Gasteiger partial charge in [-0.1, -0.05) is 6.92 Å². The lowest BCUT2D eigenvalue weighted by Gasteiger charge is -2.21. The summed E-state index contributed by atoms with van der Waals surface area (Å²) in [4.78, 5) is 18.4. The molecule has 0 aliphatic rings. The van der Waals surface area contributed by atoms with E-state index in [0.29, 0.717) is 30.9 Å². The highest BCUT2D eigenvalue weighted by Gasteiger charge is 2.17. The molecule has 0 saturated carbocycles. The Morgan fingerprint density at radius 2 is 2.26 bits per heavy atom. The first-order valence-electron chi connectivity index (χ1n) is 6.83. The van der Waals surface area contributed by atoms with E-state index >= 15 is 0 Å². The van der Waals surface area contributed by atoms with Gasteiger partial charge in [0.05, 0.1) is 5.56 Å². The van der Waals surface area contributed by atoms with Crippen molar-refractivity contribution in [2.75, 3.05) is 31.6 Å². The zero-order valence-corrected chi connectivity index (χ0v) is 11.7. The number of aliphatic hydroxyl groups is 1. The van der Waals surface area contributed by atoms with E-state index in [4.69, 9.17) is 5.11 Å². The Kier molecular flexibility index (Phi) is 6.89. The van der Waals surface area contributed by atoms with Crippen LogP contribution in [0, 0.1) is 0 Å². The van der Waals surface area contributed by atoms with Crippen molar-refractivity contribution >= 4 is 11.7 Å². The molecule has 1 heterocycles. The summed E-state index contributed by atoms with van der Waals surface area (Å²) in [6, 6.07) is 3.55. The Morgan fingerprint density at radius 3 is 2.89 bits per heavy atom. The van der Waals surface area contributed by atoms with E-state index < -0.39 is 0 Å². The zero-order valence-electron chi connectivity index (χ0n) is 11.7. The first kappa shape index (κ1) is 15.4. The van der Waals surface area contributed by atoms with Gasteiger partial charge < -0.3 is 15.3 Å². The molecule has 0 atom stereocenters. The number of carbonyl (C=O) groups excluding carboxylic acids is 1. The number of amides is 1. The smallest absolute Gasteiger partial charge is 0.257 e. The Labute approximate surface area is 114 Å². The molecule has 0 spiro atoms. The molecule has 0 fully saturated rings. The minimum absolute atomic E-state index is 0.0392. The largest absolute Gasteiger partial charge is 0.396 e. The highest BCUT2D eigenvalue weighted by molar-refractivity contribution is 5.98. The average Bonchev–Trinajstić information content (AvgIpc) is 2.46. The maximum absolute atomic E-state index is 12.4. The third-order valence-electron chi connectivity index (χ3n) is 2.84. The standard InChI is InChI=1S/C14H23N3O2/c1-3-8-15-13-12(7-5-9-16-13)14(19)17(4-2)10-6-11-18/h5,7,9,18H,3-4,6,8,10-11H2,1-2H3,(H,15,16). The predicted molar refractivity (Wildman–Crippen MR) is 76.3 cm³/mol. The second-order valence-electron chi connectivity index (χ2n) is 4.29. The zero-order chi connectivity index (χ0) is 14.1. The van der Waals surface area contributed by atoms with E-state index in [2.05, 4.69) is 17.2 Å². The number of aliphatic hydroxyl groups excluding tert-OH is 1. The second-order valence-corrected chi connectivity index (χ2v) is 4.29. The first-order chi connectivity index (χ1) is 9.24. The van der Waals surface area contributed by atoms with Gasteiger partial charge in [-0.05, 0) is 31.9 Å². The van der Waals surface area contributed by atoms with Crippen LogP contribution in [0.1, 0.15) is 37.0 Å². The topological polar surface area (TPSA) is 65.5 Å². The van der Waals surface area contributed by atoms with Gasteiger partial charge in [-0.25, -0.2) is 4.98 Å². The minimum atomic E-state index is -0.0392. The highest BCUT2D eigenvalue weighted by Crippen LogP contribution is 2.14. The van der Waals surface area contributed by atoms with Crippen LogP contribution in [-0.4, -0.2) is 47.1 Å². The van der Waals surface area contributed by atoms with Crippen molar-refractivity contribution in [3.05, 3.63) is 23.9 Å². The van der Waals surface area contributed by atoms with Crippen LogP contribution >= 0.6 is 0 Å². The fraction of sp³-hybridized carbons (Fsp3) is 0.571.